The van der Waals surface area contributed by atoms with Gasteiger partial charge in [-0.05, 0) is 54.6 Å². The molecule has 0 spiro atoms. The molecule has 10 heteroatoms. The average Bonchev–Trinajstić information content (AvgIpc) is 3.25. The number of aromatic amines is 1. The largest absolute Gasteiger partial charge is 0.496 e. The molecule has 0 aliphatic carbocycles. The van der Waals surface area contributed by atoms with E-state index < -0.39 is 10.0 Å². The zero-order chi connectivity index (χ0) is 23.6. The maximum absolute atomic E-state index is 12.6. The fourth-order valence-electron chi connectivity index (χ4n) is 3.28. The van der Waals surface area contributed by atoms with Gasteiger partial charge in [-0.25, -0.2) is 23.5 Å². The van der Waals surface area contributed by atoms with E-state index in [4.69, 9.17) is 14.6 Å². The maximum Gasteiger partial charge on any atom is 0.238 e. The molecule has 0 bridgehead atoms. The van der Waals surface area contributed by atoms with E-state index in [0.717, 1.165) is 0 Å². The summed E-state index contributed by atoms with van der Waals surface area (Å²) in [5.41, 5.74) is 2.95. The van der Waals surface area contributed by atoms with Crippen LogP contribution in [0.25, 0.3) is 28.6 Å². The highest BCUT2D eigenvalue weighted by molar-refractivity contribution is 7.89. The number of carbonyl (C=O) groups excluding carboxylic acids is 1. The van der Waals surface area contributed by atoms with Gasteiger partial charge in [-0.3, -0.25) is 4.79 Å². The molecule has 0 amide bonds. The number of primary sulfonamides is 1. The Hall–Kier alpha value is -4.02. The van der Waals surface area contributed by atoms with Gasteiger partial charge >= 0.3 is 0 Å². The van der Waals surface area contributed by atoms with Crippen LogP contribution in [0.1, 0.15) is 15.9 Å². The van der Waals surface area contributed by atoms with E-state index in [2.05, 4.69) is 15.0 Å². The highest BCUT2D eigenvalue weighted by atomic mass is 32.2. The average molecular weight is 465 g/mol. The normalized spacial score (nSPS) is 11.7. The molecule has 0 aliphatic heterocycles. The summed E-state index contributed by atoms with van der Waals surface area (Å²) in [5.74, 6) is 1.28. The summed E-state index contributed by atoms with van der Waals surface area (Å²) in [7, 11) is -0.765. The second-order valence-corrected chi connectivity index (χ2v) is 8.58. The number of benzene rings is 2. The first kappa shape index (κ1) is 22.2. The van der Waals surface area contributed by atoms with E-state index in [1.54, 1.807) is 37.6 Å². The second-order valence-electron chi connectivity index (χ2n) is 7.02. The number of methoxy groups -OCH3 is 2. The monoisotopic (exact) mass is 464 g/mol. The van der Waals surface area contributed by atoms with E-state index in [9.17, 15) is 13.2 Å². The number of allylic oxidation sites excluding steroid dienone is 1. The Morgan fingerprint density at radius 3 is 2.42 bits per heavy atom. The first-order chi connectivity index (χ1) is 15.8. The van der Waals surface area contributed by atoms with Gasteiger partial charge in [0, 0.05) is 23.4 Å². The summed E-state index contributed by atoms with van der Waals surface area (Å²) in [6.07, 6.45) is 4.66. The Bertz CT molecular complexity index is 1440. The van der Waals surface area contributed by atoms with Crippen molar-refractivity contribution in [1.82, 2.24) is 15.0 Å². The van der Waals surface area contributed by atoms with Crippen molar-refractivity contribution < 1.29 is 22.7 Å². The smallest absolute Gasteiger partial charge is 0.238 e. The molecule has 9 nitrogen and oxygen atoms in total. The zero-order valence-corrected chi connectivity index (χ0v) is 18.6. The summed E-state index contributed by atoms with van der Waals surface area (Å²) in [4.78, 5) is 24.6. The van der Waals surface area contributed by atoms with Crippen molar-refractivity contribution >= 4 is 33.0 Å². The van der Waals surface area contributed by atoms with Crippen molar-refractivity contribution in [2.45, 2.75) is 4.90 Å². The van der Waals surface area contributed by atoms with Crippen molar-refractivity contribution in [3.05, 3.63) is 71.9 Å². The first-order valence-electron chi connectivity index (χ1n) is 9.72. The molecule has 168 valence electrons. The van der Waals surface area contributed by atoms with Gasteiger partial charge in [-0.2, -0.15) is 0 Å². The molecule has 0 aliphatic rings. The standard InChI is InChI=1S/C23H20N4O5S/c1-31-20-13-21(32-2)17(22-26-18-4-3-11-25-23(18)27-22)12-15(20)7-10-19(28)14-5-8-16(9-6-14)33(24,29)30/h3-13H,1-2H3,(H2,24,29,30)(H,25,26,27). The van der Waals surface area contributed by atoms with Crippen LogP contribution < -0.4 is 14.6 Å². The number of fused-ring (bicyclic) bond motifs is 1. The number of ketones is 1. The number of hydrogen-bond donors (Lipinski definition) is 2. The van der Waals surface area contributed by atoms with E-state index in [1.807, 2.05) is 6.07 Å². The van der Waals surface area contributed by atoms with Crippen LogP contribution in [0.2, 0.25) is 0 Å². The molecule has 33 heavy (non-hydrogen) atoms. The van der Waals surface area contributed by atoms with Crippen LogP contribution in [-0.4, -0.2) is 43.4 Å². The number of nitrogens with one attached hydrogen (secondary N) is 1. The molecule has 3 N–H and O–H groups in total. The third-order valence-corrected chi connectivity index (χ3v) is 5.87. The predicted molar refractivity (Wildman–Crippen MR) is 124 cm³/mol. The highest BCUT2D eigenvalue weighted by Gasteiger charge is 2.16. The Labute approximate surface area is 190 Å². The summed E-state index contributed by atoms with van der Waals surface area (Å²) in [6.45, 7) is 0. The minimum atomic E-state index is -3.83. The number of hydrogen-bond acceptors (Lipinski definition) is 7. The molecule has 0 saturated heterocycles. The Morgan fingerprint density at radius 1 is 1.06 bits per heavy atom. The molecule has 4 aromatic rings. The van der Waals surface area contributed by atoms with Crippen LogP contribution in [0, 0.1) is 0 Å². The molecule has 2 aromatic heterocycles. The number of sulfonamides is 1. The van der Waals surface area contributed by atoms with Crippen molar-refractivity contribution in [3.8, 4) is 22.9 Å². The SMILES string of the molecule is COc1cc(OC)c(-c2nc3cccnc3[nH]2)cc1C=CC(=O)c1ccc(S(N)(=O)=O)cc1. The van der Waals surface area contributed by atoms with E-state index >= 15 is 0 Å². The number of pyridine rings is 1. The van der Waals surface area contributed by atoms with Crippen LogP contribution in [0.5, 0.6) is 11.5 Å². The number of carbonyl (C=O) groups is 1. The Balaban J connectivity index is 1.70. The number of ether oxygens (including phenoxy) is 2. The van der Waals surface area contributed by atoms with Gasteiger partial charge in [-0.15, -0.1) is 0 Å². The molecule has 0 atom stereocenters. The van der Waals surface area contributed by atoms with E-state index in [0.29, 0.717) is 45.2 Å². The van der Waals surface area contributed by atoms with Crippen molar-refractivity contribution in [3.63, 3.8) is 0 Å². The molecule has 4 rings (SSSR count). The number of nitrogens with zero attached hydrogens (tertiary/aromatic N) is 2. The lowest BCUT2D eigenvalue weighted by Gasteiger charge is -2.12. The summed E-state index contributed by atoms with van der Waals surface area (Å²) in [5, 5.41) is 5.10. The van der Waals surface area contributed by atoms with Gasteiger partial charge in [0.2, 0.25) is 10.0 Å². The maximum atomic E-state index is 12.6. The van der Waals surface area contributed by atoms with Gasteiger partial charge in [0.15, 0.2) is 11.4 Å². The zero-order valence-electron chi connectivity index (χ0n) is 17.8. The second kappa shape index (κ2) is 8.85. The number of nitrogens with two attached hydrogens (primary N) is 1. The molecule has 0 radical (unpaired) electrons. The lowest BCUT2D eigenvalue weighted by Crippen LogP contribution is -2.12. The van der Waals surface area contributed by atoms with Gasteiger partial charge in [0.1, 0.15) is 22.8 Å². The molecule has 0 saturated carbocycles. The predicted octanol–water partition coefficient (Wildman–Crippen LogP) is 3.19. The third kappa shape index (κ3) is 4.61. The molecular formula is C23H20N4O5S. The number of imidazole rings is 1. The Morgan fingerprint density at radius 2 is 1.79 bits per heavy atom. The van der Waals surface area contributed by atoms with Gasteiger partial charge < -0.3 is 14.5 Å². The van der Waals surface area contributed by atoms with E-state index in [1.165, 1.54) is 37.5 Å². The summed E-state index contributed by atoms with van der Waals surface area (Å²) >= 11 is 0. The van der Waals surface area contributed by atoms with Crippen molar-refractivity contribution in [2.75, 3.05) is 14.2 Å². The third-order valence-electron chi connectivity index (χ3n) is 4.94. The van der Waals surface area contributed by atoms with Gasteiger partial charge in [0.25, 0.3) is 0 Å². The van der Waals surface area contributed by atoms with Crippen LogP contribution >= 0.6 is 0 Å². The van der Waals surface area contributed by atoms with Crippen LogP contribution in [0.3, 0.4) is 0 Å². The minimum absolute atomic E-state index is 0.0650. The highest BCUT2D eigenvalue weighted by Crippen LogP contribution is 2.36. The number of rotatable bonds is 7. The van der Waals surface area contributed by atoms with Crippen LogP contribution in [0.15, 0.2) is 65.7 Å². The molecule has 2 heterocycles. The molecule has 2 aromatic carbocycles. The van der Waals surface area contributed by atoms with Crippen molar-refractivity contribution in [2.24, 2.45) is 5.14 Å². The fraction of sp³-hybridized carbons (Fsp3) is 0.0870. The quantitative estimate of drug-likeness (QED) is 0.316. The first-order valence-corrected chi connectivity index (χ1v) is 11.3. The van der Waals surface area contributed by atoms with Crippen LogP contribution in [0.4, 0.5) is 0 Å². The summed E-state index contributed by atoms with van der Waals surface area (Å²) < 4.78 is 33.8. The topological polar surface area (TPSA) is 137 Å². The number of H-pyrrole nitrogens is 1. The van der Waals surface area contributed by atoms with Crippen LogP contribution in [-0.2, 0) is 10.0 Å². The fourth-order valence-corrected chi connectivity index (χ4v) is 3.80. The molecule has 0 unspecified atom stereocenters. The molecular weight excluding hydrogens is 444 g/mol. The lowest BCUT2D eigenvalue weighted by molar-refractivity contribution is 0.104. The lowest BCUT2D eigenvalue weighted by atomic mass is 10.1. The van der Waals surface area contributed by atoms with Gasteiger partial charge in [-0.1, -0.05) is 0 Å². The van der Waals surface area contributed by atoms with Gasteiger partial charge in [0.05, 0.1) is 24.7 Å². The van der Waals surface area contributed by atoms with E-state index in [-0.39, 0.29) is 10.7 Å². The van der Waals surface area contributed by atoms with Crippen molar-refractivity contribution in [1.29, 1.82) is 0 Å². The minimum Gasteiger partial charge on any atom is -0.496 e. The molecule has 0 fully saturated rings. The summed E-state index contributed by atoms with van der Waals surface area (Å²) in [6, 6.07) is 12.5. The number of aromatic nitrogens is 3. The Kier molecular flexibility index (Phi) is 5.95.